The van der Waals surface area contributed by atoms with Crippen LogP contribution < -0.4 is 14.5 Å². The molecular weight excluding hydrogens is 308 g/mol. The maximum absolute atomic E-state index is 11.4. The lowest BCUT2D eigenvalue weighted by Crippen LogP contribution is -2.61. The third-order valence-corrected chi connectivity index (χ3v) is 5.20. The van der Waals surface area contributed by atoms with Crippen molar-refractivity contribution in [3.05, 3.63) is 24.3 Å². The first-order valence-electron chi connectivity index (χ1n) is 8.27. The summed E-state index contributed by atoms with van der Waals surface area (Å²) in [4.78, 5) is 22.2. The average Bonchev–Trinajstić information content (AvgIpc) is 2.61. The summed E-state index contributed by atoms with van der Waals surface area (Å²) in [5.74, 6) is 0.703. The molecule has 1 aromatic carbocycles. The molecule has 1 saturated heterocycles. The van der Waals surface area contributed by atoms with Crippen LogP contribution in [0.1, 0.15) is 0 Å². The molecule has 0 spiro atoms. The van der Waals surface area contributed by atoms with E-state index in [1.807, 2.05) is 18.2 Å². The van der Waals surface area contributed by atoms with Crippen LogP contribution in [0, 0.1) is 0 Å². The SMILES string of the molecule is O=C(O)N1CCN2c3c4c(nc5ccccc35)OCCN4CC2C1. The Morgan fingerprint density at radius 1 is 1.17 bits per heavy atom. The smallest absolute Gasteiger partial charge is 0.407 e. The molecule has 7 heteroatoms. The number of piperazine rings is 1. The molecule has 3 aliphatic heterocycles. The van der Waals surface area contributed by atoms with Gasteiger partial charge in [0.25, 0.3) is 0 Å². The zero-order chi connectivity index (χ0) is 16.3. The zero-order valence-corrected chi connectivity index (χ0v) is 13.2. The van der Waals surface area contributed by atoms with Gasteiger partial charge in [-0.2, -0.15) is 0 Å². The van der Waals surface area contributed by atoms with Gasteiger partial charge in [-0.3, -0.25) is 0 Å². The van der Waals surface area contributed by atoms with Crippen LogP contribution in [0.25, 0.3) is 10.9 Å². The van der Waals surface area contributed by atoms with E-state index < -0.39 is 6.09 Å². The van der Waals surface area contributed by atoms with Crippen molar-refractivity contribution in [3.63, 3.8) is 0 Å². The lowest BCUT2D eigenvalue weighted by Gasteiger charge is -2.50. The van der Waals surface area contributed by atoms with E-state index in [0.29, 0.717) is 32.1 Å². The van der Waals surface area contributed by atoms with E-state index in [1.165, 1.54) is 4.90 Å². The molecule has 0 bridgehead atoms. The summed E-state index contributed by atoms with van der Waals surface area (Å²) < 4.78 is 5.83. The molecule has 1 unspecified atom stereocenters. The molecule has 0 saturated carbocycles. The monoisotopic (exact) mass is 326 g/mol. The highest BCUT2D eigenvalue weighted by Gasteiger charge is 2.40. The van der Waals surface area contributed by atoms with E-state index in [2.05, 4.69) is 15.9 Å². The van der Waals surface area contributed by atoms with Gasteiger partial charge in [0, 0.05) is 31.6 Å². The van der Waals surface area contributed by atoms with Crippen LogP contribution in [-0.2, 0) is 0 Å². The third-order valence-electron chi connectivity index (χ3n) is 5.20. The molecule has 4 heterocycles. The second-order valence-corrected chi connectivity index (χ2v) is 6.50. The maximum atomic E-state index is 11.4. The molecule has 5 rings (SSSR count). The molecule has 1 atom stereocenters. The van der Waals surface area contributed by atoms with E-state index in [-0.39, 0.29) is 6.04 Å². The summed E-state index contributed by atoms with van der Waals surface area (Å²) in [7, 11) is 0. The summed E-state index contributed by atoms with van der Waals surface area (Å²) in [6, 6.07) is 8.27. The molecule has 2 aromatic rings. The number of carbonyl (C=O) groups is 1. The van der Waals surface area contributed by atoms with Crippen molar-refractivity contribution in [3.8, 4) is 5.88 Å². The van der Waals surface area contributed by atoms with Gasteiger partial charge in [0.05, 0.1) is 23.8 Å². The molecule has 0 radical (unpaired) electrons. The number of fused-ring (bicyclic) bond motifs is 4. The van der Waals surface area contributed by atoms with Gasteiger partial charge in [0.1, 0.15) is 12.3 Å². The lowest BCUT2D eigenvalue weighted by molar-refractivity contribution is 0.134. The molecule has 1 amide bonds. The van der Waals surface area contributed by atoms with Gasteiger partial charge in [-0.15, -0.1) is 0 Å². The molecule has 1 aromatic heterocycles. The first-order chi connectivity index (χ1) is 11.7. The second kappa shape index (κ2) is 4.90. The van der Waals surface area contributed by atoms with Crippen LogP contribution in [0.3, 0.4) is 0 Å². The van der Waals surface area contributed by atoms with Crippen molar-refractivity contribution >= 4 is 28.4 Å². The van der Waals surface area contributed by atoms with Crippen molar-refractivity contribution in [1.82, 2.24) is 9.88 Å². The molecule has 0 aliphatic carbocycles. The van der Waals surface area contributed by atoms with Gasteiger partial charge in [0.15, 0.2) is 0 Å². The van der Waals surface area contributed by atoms with E-state index in [1.54, 1.807) is 0 Å². The van der Waals surface area contributed by atoms with Crippen LogP contribution >= 0.6 is 0 Å². The van der Waals surface area contributed by atoms with Gasteiger partial charge >= 0.3 is 6.09 Å². The minimum absolute atomic E-state index is 0.166. The van der Waals surface area contributed by atoms with E-state index in [4.69, 9.17) is 9.72 Å². The minimum atomic E-state index is -0.831. The van der Waals surface area contributed by atoms with Crippen molar-refractivity contribution in [1.29, 1.82) is 0 Å². The maximum Gasteiger partial charge on any atom is 0.407 e. The topological polar surface area (TPSA) is 69.1 Å². The fourth-order valence-electron chi connectivity index (χ4n) is 4.12. The number of pyridine rings is 1. The van der Waals surface area contributed by atoms with Gasteiger partial charge in [-0.05, 0) is 6.07 Å². The molecule has 24 heavy (non-hydrogen) atoms. The number of para-hydroxylation sites is 1. The van der Waals surface area contributed by atoms with Gasteiger partial charge in [0.2, 0.25) is 5.88 Å². The highest BCUT2D eigenvalue weighted by atomic mass is 16.5. The summed E-state index contributed by atoms with van der Waals surface area (Å²) in [6.45, 7) is 4.01. The number of benzene rings is 1. The van der Waals surface area contributed by atoms with Crippen molar-refractivity contribution in [2.45, 2.75) is 6.04 Å². The molecular formula is C17H18N4O3. The van der Waals surface area contributed by atoms with E-state index in [9.17, 15) is 9.90 Å². The number of anilines is 2. The number of amides is 1. The predicted octanol–water partition coefficient (Wildman–Crippen LogP) is 1.62. The Hall–Kier alpha value is -2.70. The van der Waals surface area contributed by atoms with E-state index >= 15 is 0 Å². The Labute approximate surface area is 139 Å². The summed E-state index contributed by atoms with van der Waals surface area (Å²) in [5, 5.41) is 10.4. The summed E-state index contributed by atoms with van der Waals surface area (Å²) in [6.07, 6.45) is -0.831. The summed E-state index contributed by atoms with van der Waals surface area (Å²) in [5.41, 5.74) is 3.14. The molecule has 124 valence electrons. The largest absolute Gasteiger partial charge is 0.474 e. The molecule has 1 N–H and O–H groups in total. The Bertz CT molecular complexity index is 840. The number of ether oxygens (including phenoxy) is 1. The van der Waals surface area contributed by atoms with Gasteiger partial charge < -0.3 is 24.5 Å². The molecule has 1 fully saturated rings. The van der Waals surface area contributed by atoms with Crippen molar-refractivity contribution < 1.29 is 14.6 Å². The molecule has 3 aliphatic rings. The van der Waals surface area contributed by atoms with Gasteiger partial charge in [-0.25, -0.2) is 9.78 Å². The number of rotatable bonds is 0. The van der Waals surface area contributed by atoms with Crippen LogP contribution in [-0.4, -0.2) is 66.5 Å². The zero-order valence-electron chi connectivity index (χ0n) is 13.2. The predicted molar refractivity (Wildman–Crippen MR) is 90.2 cm³/mol. The number of carboxylic acid groups (broad SMARTS) is 1. The lowest BCUT2D eigenvalue weighted by atomic mass is 10.0. The number of hydrogen-bond donors (Lipinski definition) is 1. The number of aromatic nitrogens is 1. The minimum Gasteiger partial charge on any atom is -0.474 e. The Kier molecular flexibility index (Phi) is 2.80. The fourth-order valence-corrected chi connectivity index (χ4v) is 4.12. The number of nitrogens with zero attached hydrogens (tertiary/aromatic N) is 4. The van der Waals surface area contributed by atoms with Crippen LogP contribution in [0.15, 0.2) is 24.3 Å². The first-order valence-corrected chi connectivity index (χ1v) is 8.27. The van der Waals surface area contributed by atoms with Crippen LogP contribution in [0.2, 0.25) is 0 Å². The Morgan fingerprint density at radius 3 is 2.92 bits per heavy atom. The van der Waals surface area contributed by atoms with Gasteiger partial charge in [-0.1, -0.05) is 18.2 Å². The van der Waals surface area contributed by atoms with Crippen molar-refractivity contribution in [2.24, 2.45) is 0 Å². The number of hydrogen-bond acceptors (Lipinski definition) is 5. The third kappa shape index (κ3) is 1.84. The highest BCUT2D eigenvalue weighted by Crippen LogP contribution is 2.47. The normalized spacial score (nSPS) is 22.0. The standard InChI is InChI=1S/C17H18N4O3/c22-17(23)20-5-6-21-11(10-20)9-19-7-8-24-16-15(19)14(21)12-3-1-2-4-13(12)18-16/h1-4,11H,5-10H2,(H,22,23). The molecule has 7 nitrogen and oxygen atoms in total. The Morgan fingerprint density at radius 2 is 2.04 bits per heavy atom. The second-order valence-electron chi connectivity index (χ2n) is 6.50. The van der Waals surface area contributed by atoms with Crippen LogP contribution in [0.5, 0.6) is 5.88 Å². The van der Waals surface area contributed by atoms with Crippen molar-refractivity contribution in [2.75, 3.05) is 49.1 Å². The fraction of sp³-hybridized carbons (Fsp3) is 0.412. The Balaban J connectivity index is 1.69. The average molecular weight is 326 g/mol. The first kappa shape index (κ1) is 13.7. The quantitative estimate of drug-likeness (QED) is 0.793. The van der Waals surface area contributed by atoms with E-state index in [0.717, 1.165) is 35.4 Å². The van der Waals surface area contributed by atoms with Crippen LogP contribution in [0.4, 0.5) is 16.2 Å². The summed E-state index contributed by atoms with van der Waals surface area (Å²) >= 11 is 0. The highest BCUT2D eigenvalue weighted by molar-refractivity contribution is 6.02.